The van der Waals surface area contributed by atoms with Crippen molar-refractivity contribution in [1.82, 2.24) is 4.13 Å². The molecular formula is C16H25F2NO8S3. The van der Waals surface area contributed by atoms with E-state index < -0.39 is 47.2 Å². The molecule has 5 rings (SSSR count). The van der Waals surface area contributed by atoms with Crippen molar-refractivity contribution in [1.29, 1.82) is 0 Å². The highest BCUT2D eigenvalue weighted by molar-refractivity contribution is 8.11. The molecule has 0 atom stereocenters. The fourth-order valence-corrected chi connectivity index (χ4v) is 10.1. The quantitative estimate of drug-likeness (QED) is 0.507. The monoisotopic (exact) mass is 493 g/mol. The Bertz CT molecular complexity index is 962. The third-order valence-electron chi connectivity index (χ3n) is 6.76. The van der Waals surface area contributed by atoms with E-state index in [1.54, 1.807) is 0 Å². The summed E-state index contributed by atoms with van der Waals surface area (Å²) in [7, 11) is -17.3. The molecule has 0 saturated heterocycles. The van der Waals surface area contributed by atoms with Crippen LogP contribution in [0, 0.1) is 23.7 Å². The van der Waals surface area contributed by atoms with Gasteiger partial charge in [-0.2, -0.15) is 25.6 Å². The zero-order valence-corrected chi connectivity index (χ0v) is 18.5. The molecule has 0 heterocycles. The van der Waals surface area contributed by atoms with Gasteiger partial charge in [0.15, 0.2) is 0 Å². The zero-order valence-electron chi connectivity index (χ0n) is 16.1. The lowest BCUT2D eigenvalue weighted by Gasteiger charge is -2.53. The minimum Gasteiger partial charge on any atom is -0.261 e. The minimum absolute atomic E-state index is 0.0875. The molecule has 0 radical (unpaired) electrons. The van der Waals surface area contributed by atoms with Crippen molar-refractivity contribution < 1.29 is 42.4 Å². The smallest absolute Gasteiger partial charge is 0.261 e. The summed E-state index contributed by atoms with van der Waals surface area (Å²) in [5.74, 6) is 0.786. The van der Waals surface area contributed by atoms with Crippen molar-refractivity contribution in [2.75, 3.05) is 0 Å². The Hall–Kier alpha value is -0.410. The first-order chi connectivity index (χ1) is 13.8. The van der Waals surface area contributed by atoms with E-state index in [1.807, 2.05) is 0 Å². The average Bonchev–Trinajstić information content (AvgIpc) is 3.08. The summed E-state index contributed by atoms with van der Waals surface area (Å²) in [4.78, 5) is 0. The molecule has 5 saturated carbocycles. The van der Waals surface area contributed by atoms with Crippen molar-refractivity contribution in [3.63, 3.8) is 0 Å². The molecule has 14 heteroatoms. The van der Waals surface area contributed by atoms with Crippen molar-refractivity contribution in [3.05, 3.63) is 0 Å². The molecule has 0 amide bonds. The van der Waals surface area contributed by atoms with Gasteiger partial charge in [-0.25, -0.2) is 8.42 Å². The maximum atomic E-state index is 14.3. The molecule has 4 bridgehead atoms. The third kappa shape index (κ3) is 4.15. The number of rotatable bonds is 8. The van der Waals surface area contributed by atoms with Gasteiger partial charge in [0.25, 0.3) is 0 Å². The summed E-state index contributed by atoms with van der Waals surface area (Å²) < 4.78 is 106. The Balaban J connectivity index is 1.47. The van der Waals surface area contributed by atoms with E-state index in [0.29, 0.717) is 24.7 Å². The second-order valence-corrected chi connectivity index (χ2v) is 14.1. The van der Waals surface area contributed by atoms with Gasteiger partial charge < -0.3 is 0 Å². The standard InChI is InChI=1S/C16H25F2NO8S3/c17-16(18,29(22,23)26-14-3-1-2-4-14)28(20,21)19-30(24,25)27-15-12-6-10-5-11(8-12)9-13(15)7-10/h10-15,19H,1-9H2. The summed E-state index contributed by atoms with van der Waals surface area (Å²) >= 11 is 0. The second kappa shape index (κ2) is 7.58. The van der Waals surface area contributed by atoms with Crippen LogP contribution in [0.3, 0.4) is 0 Å². The van der Waals surface area contributed by atoms with E-state index in [0.717, 1.165) is 36.2 Å². The van der Waals surface area contributed by atoms with Crippen LogP contribution in [0.15, 0.2) is 0 Å². The van der Waals surface area contributed by atoms with Gasteiger partial charge in [-0.3, -0.25) is 8.37 Å². The Kier molecular flexibility index (Phi) is 5.75. The lowest BCUT2D eigenvalue weighted by Crippen LogP contribution is -2.53. The first kappa shape index (κ1) is 22.8. The Morgan fingerprint density at radius 3 is 1.77 bits per heavy atom. The summed E-state index contributed by atoms with van der Waals surface area (Å²) in [6, 6.07) is 0. The predicted octanol–water partition coefficient (Wildman–Crippen LogP) is 1.83. The van der Waals surface area contributed by atoms with E-state index in [4.69, 9.17) is 4.18 Å². The van der Waals surface area contributed by atoms with Crippen LogP contribution in [-0.4, -0.2) is 42.0 Å². The molecule has 5 aliphatic rings. The molecule has 5 fully saturated rings. The largest absolute Gasteiger partial charge is 0.485 e. The number of nitrogens with one attached hydrogen (secondary N) is 1. The summed E-state index contributed by atoms with van der Waals surface area (Å²) in [5.41, 5.74) is 0. The fraction of sp³-hybridized carbons (Fsp3) is 1.00. The molecule has 5 aliphatic carbocycles. The highest BCUT2D eigenvalue weighted by Crippen LogP contribution is 2.55. The molecule has 0 aromatic rings. The number of hydrogen-bond donors (Lipinski definition) is 1. The van der Waals surface area contributed by atoms with Crippen LogP contribution in [0.2, 0.25) is 0 Å². The van der Waals surface area contributed by atoms with Crippen LogP contribution in [0.1, 0.15) is 57.8 Å². The maximum absolute atomic E-state index is 14.3. The first-order valence-corrected chi connectivity index (χ1v) is 14.4. The lowest BCUT2D eigenvalue weighted by atomic mass is 9.55. The van der Waals surface area contributed by atoms with E-state index >= 15 is 0 Å². The van der Waals surface area contributed by atoms with Crippen molar-refractivity contribution in [2.45, 2.75) is 74.6 Å². The van der Waals surface area contributed by atoms with Gasteiger partial charge in [0, 0.05) is 0 Å². The van der Waals surface area contributed by atoms with E-state index in [-0.39, 0.29) is 24.7 Å². The molecule has 30 heavy (non-hydrogen) atoms. The van der Waals surface area contributed by atoms with Crippen LogP contribution in [-0.2, 0) is 38.8 Å². The molecule has 0 aromatic heterocycles. The van der Waals surface area contributed by atoms with Crippen LogP contribution >= 0.6 is 0 Å². The van der Waals surface area contributed by atoms with Gasteiger partial charge in [0.05, 0.1) is 12.2 Å². The van der Waals surface area contributed by atoms with Crippen LogP contribution < -0.4 is 4.13 Å². The van der Waals surface area contributed by atoms with Gasteiger partial charge in [0.2, 0.25) is 0 Å². The van der Waals surface area contributed by atoms with E-state index in [9.17, 15) is 34.0 Å². The Morgan fingerprint density at radius 2 is 1.27 bits per heavy atom. The molecule has 0 aromatic carbocycles. The molecule has 0 spiro atoms. The number of halogens is 2. The maximum Gasteiger partial charge on any atom is 0.485 e. The number of sulfonamides is 1. The fourth-order valence-electron chi connectivity index (χ4n) is 5.74. The summed E-state index contributed by atoms with van der Waals surface area (Å²) in [6.07, 6.45) is 3.73. The number of hydrogen-bond acceptors (Lipinski definition) is 8. The second-order valence-electron chi connectivity index (χ2n) is 8.95. The molecular weight excluding hydrogens is 468 g/mol. The molecule has 0 aliphatic heterocycles. The van der Waals surface area contributed by atoms with Crippen molar-refractivity contribution >= 4 is 30.4 Å². The van der Waals surface area contributed by atoms with Gasteiger partial charge in [-0.1, -0.05) is 17.0 Å². The summed E-state index contributed by atoms with van der Waals surface area (Å²) in [5, 5.41) is 0. The predicted molar refractivity (Wildman–Crippen MR) is 100 cm³/mol. The highest BCUT2D eigenvalue weighted by Gasteiger charge is 2.61. The van der Waals surface area contributed by atoms with Crippen LogP contribution in [0.4, 0.5) is 8.78 Å². The molecule has 174 valence electrons. The molecule has 0 unspecified atom stereocenters. The average molecular weight is 494 g/mol. The van der Waals surface area contributed by atoms with E-state index in [2.05, 4.69) is 4.18 Å². The van der Waals surface area contributed by atoms with Crippen LogP contribution in [0.25, 0.3) is 0 Å². The van der Waals surface area contributed by atoms with Crippen molar-refractivity contribution in [3.8, 4) is 0 Å². The molecule has 1 N–H and O–H groups in total. The first-order valence-electron chi connectivity index (χ1n) is 10.1. The molecule has 9 nitrogen and oxygen atoms in total. The zero-order chi connectivity index (χ0) is 21.9. The Morgan fingerprint density at radius 1 is 0.767 bits per heavy atom. The third-order valence-corrected chi connectivity index (χ3v) is 11.9. The van der Waals surface area contributed by atoms with Gasteiger partial charge in [-0.15, -0.1) is 0 Å². The van der Waals surface area contributed by atoms with Gasteiger partial charge in [-0.05, 0) is 68.6 Å². The highest BCUT2D eigenvalue weighted by atomic mass is 32.3. The van der Waals surface area contributed by atoms with Gasteiger partial charge in [0.1, 0.15) is 0 Å². The van der Waals surface area contributed by atoms with Crippen molar-refractivity contribution in [2.24, 2.45) is 23.7 Å². The SMILES string of the molecule is O=S(=O)(NS(=O)(=O)C(F)(F)S(=O)(=O)OC1CCCC1)OC1C2CC3CC(C2)CC1C3. The Labute approximate surface area is 175 Å². The van der Waals surface area contributed by atoms with Crippen LogP contribution in [0.5, 0.6) is 0 Å². The number of alkyl halides is 2. The summed E-state index contributed by atoms with van der Waals surface area (Å²) in [6.45, 7) is 0. The lowest BCUT2D eigenvalue weighted by molar-refractivity contribution is -0.0766. The van der Waals surface area contributed by atoms with E-state index in [1.165, 1.54) is 0 Å². The minimum atomic E-state index is -6.20. The normalized spacial score (nSPS) is 35.2. The topological polar surface area (TPSA) is 133 Å². The van der Waals surface area contributed by atoms with Gasteiger partial charge >= 0.3 is 35.0 Å².